The van der Waals surface area contributed by atoms with Gasteiger partial charge in [0.1, 0.15) is 0 Å². The van der Waals surface area contributed by atoms with E-state index in [0.717, 1.165) is 34.4 Å². The van der Waals surface area contributed by atoms with Crippen LogP contribution in [0.2, 0.25) is 0 Å². The molecule has 1 aliphatic rings. The minimum atomic E-state index is -0.907. The second-order valence-electron chi connectivity index (χ2n) is 10.4. The minimum Gasteiger partial charge on any atom is -0.478 e. The Morgan fingerprint density at radius 1 is 0.895 bits per heavy atom. The summed E-state index contributed by atoms with van der Waals surface area (Å²) in [6.45, 7) is 1.52. The maximum absolute atomic E-state index is 11.1. The molecule has 6 heteroatoms. The summed E-state index contributed by atoms with van der Waals surface area (Å²) < 4.78 is 0. The summed E-state index contributed by atoms with van der Waals surface area (Å²) in [4.78, 5) is 20.4. The number of hydrogen-bond donors (Lipinski definition) is 1. The van der Waals surface area contributed by atoms with Gasteiger partial charge >= 0.3 is 5.97 Å². The summed E-state index contributed by atoms with van der Waals surface area (Å²) in [6.07, 6.45) is 6.79. The fraction of sp³-hybridized carbons (Fsp3) is 0.312. The van der Waals surface area contributed by atoms with Crippen LogP contribution in [0.3, 0.4) is 0 Å². The molecule has 196 valence electrons. The molecule has 0 spiro atoms. The van der Waals surface area contributed by atoms with Gasteiger partial charge in [0, 0.05) is 43.8 Å². The number of carbonyl (C=O) groups is 1. The molecule has 0 atom stereocenters. The fourth-order valence-electron chi connectivity index (χ4n) is 5.27. The zero-order valence-corrected chi connectivity index (χ0v) is 23.0. The topological polar surface area (TPSA) is 56.7 Å². The maximum Gasteiger partial charge on any atom is 0.335 e. The van der Waals surface area contributed by atoms with Gasteiger partial charge in [-0.25, -0.2) is 9.78 Å². The van der Waals surface area contributed by atoms with Crippen molar-refractivity contribution in [2.45, 2.75) is 51.1 Å². The predicted octanol–water partition coefficient (Wildman–Crippen LogP) is 7.83. The standard InChI is InChI=1S/C32H35N3O2S/c1-34(20-23-11-15-26(16-12-23)25-7-4-3-5-8-25)29-10-6-9-28(19-29)30-22-38-32(33-30)35(2)21-24-13-17-27(18-14-24)31(36)37/h6,9-19,22,25H,3-5,7-8,20-21H2,1-2H3,(H,36,37). The van der Waals surface area contributed by atoms with Crippen molar-refractivity contribution in [3.8, 4) is 11.3 Å². The van der Waals surface area contributed by atoms with Crippen molar-refractivity contribution in [3.05, 3.63) is 100 Å². The van der Waals surface area contributed by atoms with Crippen molar-refractivity contribution < 1.29 is 9.90 Å². The number of carboxylic acids is 1. The monoisotopic (exact) mass is 525 g/mol. The lowest BCUT2D eigenvalue weighted by Crippen LogP contribution is -2.16. The van der Waals surface area contributed by atoms with Gasteiger partial charge in [-0.2, -0.15) is 0 Å². The first kappa shape index (κ1) is 26.0. The molecule has 0 bridgehead atoms. The second-order valence-corrected chi connectivity index (χ2v) is 11.2. The lowest BCUT2D eigenvalue weighted by Gasteiger charge is -2.23. The first-order valence-corrected chi connectivity index (χ1v) is 14.2. The lowest BCUT2D eigenvalue weighted by atomic mass is 9.84. The van der Waals surface area contributed by atoms with Crippen LogP contribution in [0.4, 0.5) is 10.8 Å². The van der Waals surface area contributed by atoms with Crippen LogP contribution >= 0.6 is 11.3 Å². The molecule has 5 rings (SSSR count). The van der Waals surface area contributed by atoms with E-state index in [9.17, 15) is 4.79 Å². The van der Waals surface area contributed by atoms with Crippen LogP contribution in [0.1, 0.15) is 65.1 Å². The Kier molecular flexibility index (Phi) is 8.08. The Morgan fingerprint density at radius 3 is 2.24 bits per heavy atom. The smallest absolute Gasteiger partial charge is 0.335 e. The molecule has 0 amide bonds. The highest BCUT2D eigenvalue weighted by atomic mass is 32.1. The summed E-state index contributed by atoms with van der Waals surface area (Å²) in [5.74, 6) is -0.165. The first-order valence-electron chi connectivity index (χ1n) is 13.4. The van der Waals surface area contributed by atoms with Crippen molar-refractivity contribution in [2.75, 3.05) is 23.9 Å². The molecule has 1 aromatic heterocycles. The van der Waals surface area contributed by atoms with Crippen molar-refractivity contribution in [1.29, 1.82) is 0 Å². The van der Waals surface area contributed by atoms with Gasteiger partial charge in [0.25, 0.3) is 0 Å². The Balaban J connectivity index is 1.22. The zero-order chi connectivity index (χ0) is 26.5. The Hall–Kier alpha value is -3.64. The zero-order valence-electron chi connectivity index (χ0n) is 22.1. The summed E-state index contributed by atoms with van der Waals surface area (Å²) in [5, 5.41) is 12.1. The third kappa shape index (κ3) is 6.25. The van der Waals surface area contributed by atoms with Crippen molar-refractivity contribution in [2.24, 2.45) is 0 Å². The van der Waals surface area contributed by atoms with Crippen molar-refractivity contribution >= 4 is 28.1 Å². The van der Waals surface area contributed by atoms with E-state index in [2.05, 4.69) is 70.8 Å². The number of rotatable bonds is 9. The molecule has 0 saturated heterocycles. The molecule has 38 heavy (non-hydrogen) atoms. The fourth-order valence-corrected chi connectivity index (χ4v) is 6.07. The highest BCUT2D eigenvalue weighted by Gasteiger charge is 2.16. The molecule has 1 fully saturated rings. The van der Waals surface area contributed by atoms with E-state index in [1.165, 1.54) is 48.9 Å². The number of benzene rings is 3. The molecule has 1 saturated carbocycles. The van der Waals surface area contributed by atoms with Gasteiger partial charge < -0.3 is 14.9 Å². The average molecular weight is 526 g/mol. The first-order chi connectivity index (χ1) is 18.5. The van der Waals surface area contributed by atoms with E-state index in [0.29, 0.717) is 12.1 Å². The summed E-state index contributed by atoms with van der Waals surface area (Å²) in [7, 11) is 4.15. The normalized spacial score (nSPS) is 13.8. The third-order valence-electron chi connectivity index (χ3n) is 7.50. The molecular formula is C32H35N3O2S. The van der Waals surface area contributed by atoms with E-state index in [1.54, 1.807) is 23.5 Å². The van der Waals surface area contributed by atoms with Gasteiger partial charge in [0.2, 0.25) is 0 Å². The Morgan fingerprint density at radius 2 is 1.55 bits per heavy atom. The molecule has 1 N–H and O–H groups in total. The van der Waals surface area contributed by atoms with E-state index in [1.807, 2.05) is 19.2 Å². The molecule has 1 aliphatic carbocycles. The Labute approximate surface area is 229 Å². The molecule has 3 aromatic carbocycles. The SMILES string of the molecule is CN(Cc1ccc(C2CCCCC2)cc1)c1cccc(-c2csc(N(C)Cc3ccc(C(=O)O)cc3)n2)c1. The molecule has 0 radical (unpaired) electrons. The molecular weight excluding hydrogens is 490 g/mol. The minimum absolute atomic E-state index is 0.300. The number of thiazole rings is 1. The van der Waals surface area contributed by atoms with E-state index >= 15 is 0 Å². The number of aromatic nitrogens is 1. The summed E-state index contributed by atoms with van der Waals surface area (Å²) in [5.41, 5.74) is 7.40. The lowest BCUT2D eigenvalue weighted by molar-refractivity contribution is 0.0697. The molecule has 1 heterocycles. The van der Waals surface area contributed by atoms with Crippen LogP contribution in [-0.4, -0.2) is 30.2 Å². The number of aromatic carboxylic acids is 1. The highest BCUT2D eigenvalue weighted by Crippen LogP contribution is 2.33. The Bertz CT molecular complexity index is 1360. The maximum atomic E-state index is 11.1. The van der Waals surface area contributed by atoms with Crippen LogP contribution in [0.15, 0.2) is 78.2 Å². The van der Waals surface area contributed by atoms with Gasteiger partial charge in [-0.1, -0.05) is 67.8 Å². The van der Waals surface area contributed by atoms with Crippen molar-refractivity contribution in [3.63, 3.8) is 0 Å². The van der Waals surface area contributed by atoms with Gasteiger partial charge in [-0.05, 0) is 59.7 Å². The van der Waals surface area contributed by atoms with Crippen LogP contribution in [0, 0.1) is 0 Å². The molecule has 0 aliphatic heterocycles. The van der Waals surface area contributed by atoms with Gasteiger partial charge in [-0.3, -0.25) is 0 Å². The largest absolute Gasteiger partial charge is 0.478 e. The average Bonchev–Trinajstić information content (AvgIpc) is 3.45. The molecule has 5 nitrogen and oxygen atoms in total. The number of anilines is 2. The summed E-state index contributed by atoms with van der Waals surface area (Å²) in [6, 6.07) is 24.8. The van der Waals surface area contributed by atoms with Crippen molar-refractivity contribution in [1.82, 2.24) is 4.98 Å². The summed E-state index contributed by atoms with van der Waals surface area (Å²) >= 11 is 1.62. The van der Waals surface area contributed by atoms with Crippen LogP contribution in [0.25, 0.3) is 11.3 Å². The van der Waals surface area contributed by atoms with Crippen LogP contribution < -0.4 is 9.80 Å². The van der Waals surface area contributed by atoms with Gasteiger partial charge in [0.05, 0.1) is 11.3 Å². The quantitative estimate of drug-likeness (QED) is 0.241. The molecule has 4 aromatic rings. The third-order valence-corrected chi connectivity index (χ3v) is 8.45. The van der Waals surface area contributed by atoms with E-state index < -0.39 is 5.97 Å². The van der Waals surface area contributed by atoms with Crippen LogP contribution in [-0.2, 0) is 13.1 Å². The second kappa shape index (κ2) is 11.8. The highest BCUT2D eigenvalue weighted by molar-refractivity contribution is 7.14. The van der Waals surface area contributed by atoms with Gasteiger partial charge in [-0.15, -0.1) is 11.3 Å². The van der Waals surface area contributed by atoms with Crippen LogP contribution in [0.5, 0.6) is 0 Å². The number of nitrogens with zero attached hydrogens (tertiary/aromatic N) is 3. The van der Waals surface area contributed by atoms with E-state index in [4.69, 9.17) is 10.1 Å². The van der Waals surface area contributed by atoms with Gasteiger partial charge in [0.15, 0.2) is 5.13 Å². The number of carboxylic acid groups (broad SMARTS) is 1. The number of hydrogen-bond acceptors (Lipinski definition) is 5. The predicted molar refractivity (Wildman–Crippen MR) is 157 cm³/mol. The van der Waals surface area contributed by atoms with E-state index in [-0.39, 0.29) is 0 Å². The molecule has 0 unspecified atom stereocenters.